The first kappa shape index (κ1) is 11.9. The molecule has 2 aliphatic carbocycles. The van der Waals surface area contributed by atoms with E-state index in [1.54, 1.807) is 0 Å². The molecule has 0 radical (unpaired) electrons. The fourth-order valence-electron chi connectivity index (χ4n) is 2.86. The van der Waals surface area contributed by atoms with Crippen LogP contribution < -0.4 is 11.5 Å². The molecule has 0 spiro atoms. The summed E-state index contributed by atoms with van der Waals surface area (Å²) in [6.07, 6.45) is 5.14. The fourth-order valence-corrected chi connectivity index (χ4v) is 2.86. The van der Waals surface area contributed by atoms with E-state index in [0.29, 0.717) is 12.1 Å². The Hall–Kier alpha value is -0.610. The van der Waals surface area contributed by atoms with Gasteiger partial charge in [0.05, 0.1) is 5.54 Å². The predicted molar refractivity (Wildman–Crippen MR) is 63.7 cm³/mol. The zero-order valence-corrected chi connectivity index (χ0v) is 10.3. The van der Waals surface area contributed by atoms with Crippen molar-refractivity contribution < 1.29 is 4.79 Å². The molecule has 2 aliphatic rings. The number of amides is 1. The Balaban J connectivity index is 1.94. The van der Waals surface area contributed by atoms with Gasteiger partial charge >= 0.3 is 0 Å². The lowest BCUT2D eigenvalue weighted by Crippen LogP contribution is -2.51. The van der Waals surface area contributed by atoms with Crippen LogP contribution in [0.25, 0.3) is 0 Å². The molecule has 2 fully saturated rings. The van der Waals surface area contributed by atoms with Gasteiger partial charge in [0.25, 0.3) is 0 Å². The van der Waals surface area contributed by atoms with E-state index in [2.05, 4.69) is 18.9 Å². The smallest absolute Gasteiger partial charge is 0.237 e. The first-order chi connectivity index (χ1) is 7.44. The molecule has 92 valence electrons. The average molecular weight is 225 g/mol. The van der Waals surface area contributed by atoms with Crippen molar-refractivity contribution in [3.8, 4) is 0 Å². The third-order valence-electron chi connectivity index (χ3n) is 4.54. The highest BCUT2D eigenvalue weighted by molar-refractivity contribution is 5.84. The Morgan fingerprint density at radius 1 is 1.44 bits per heavy atom. The van der Waals surface area contributed by atoms with E-state index in [9.17, 15) is 4.79 Å². The molecule has 0 aromatic heterocycles. The van der Waals surface area contributed by atoms with Crippen LogP contribution in [0.4, 0.5) is 0 Å². The van der Waals surface area contributed by atoms with Crippen molar-refractivity contribution >= 4 is 5.91 Å². The van der Waals surface area contributed by atoms with Gasteiger partial charge < -0.3 is 16.4 Å². The molecule has 0 heterocycles. The molecular formula is C12H23N3O. The highest BCUT2D eigenvalue weighted by Gasteiger charge is 2.44. The Morgan fingerprint density at radius 3 is 2.50 bits per heavy atom. The van der Waals surface area contributed by atoms with Crippen LogP contribution in [0.1, 0.15) is 39.0 Å². The molecule has 0 saturated heterocycles. The number of primary amides is 1. The monoisotopic (exact) mass is 225 g/mol. The molecule has 1 amide bonds. The third-order valence-corrected chi connectivity index (χ3v) is 4.54. The summed E-state index contributed by atoms with van der Waals surface area (Å²) in [4.78, 5) is 13.7. The minimum Gasteiger partial charge on any atom is -0.368 e. The lowest BCUT2D eigenvalue weighted by atomic mass is 9.98. The Bertz CT molecular complexity index is 290. The van der Waals surface area contributed by atoms with Crippen molar-refractivity contribution in [2.75, 3.05) is 7.05 Å². The maximum Gasteiger partial charge on any atom is 0.237 e. The molecule has 0 aromatic rings. The van der Waals surface area contributed by atoms with Crippen LogP contribution in [0.3, 0.4) is 0 Å². The van der Waals surface area contributed by atoms with Gasteiger partial charge in [-0.15, -0.1) is 0 Å². The average Bonchev–Trinajstić information content (AvgIpc) is 3.00. The number of carbonyl (C=O) groups is 1. The number of hydrogen-bond acceptors (Lipinski definition) is 3. The minimum absolute atomic E-state index is 0.345. The molecule has 2 rings (SSSR count). The zero-order chi connectivity index (χ0) is 11.9. The van der Waals surface area contributed by atoms with E-state index in [0.717, 1.165) is 25.2 Å². The molecule has 3 atom stereocenters. The predicted octanol–water partition coefficient (Wildman–Crippen LogP) is 0.452. The van der Waals surface area contributed by atoms with Gasteiger partial charge in [-0.2, -0.15) is 0 Å². The summed E-state index contributed by atoms with van der Waals surface area (Å²) in [7, 11) is 2.15. The van der Waals surface area contributed by atoms with Crippen molar-refractivity contribution in [1.82, 2.24) is 4.90 Å². The zero-order valence-electron chi connectivity index (χ0n) is 10.3. The van der Waals surface area contributed by atoms with Crippen LogP contribution in [0.2, 0.25) is 0 Å². The Kier molecular flexibility index (Phi) is 2.97. The summed E-state index contributed by atoms with van der Waals surface area (Å²) >= 11 is 0. The Morgan fingerprint density at radius 2 is 2.06 bits per heavy atom. The second-order valence-electron chi connectivity index (χ2n) is 5.66. The van der Waals surface area contributed by atoms with Crippen LogP contribution in [0.5, 0.6) is 0 Å². The van der Waals surface area contributed by atoms with Crippen LogP contribution in [0, 0.1) is 5.92 Å². The van der Waals surface area contributed by atoms with Crippen molar-refractivity contribution in [1.29, 1.82) is 0 Å². The fraction of sp³-hybridized carbons (Fsp3) is 0.917. The van der Waals surface area contributed by atoms with Gasteiger partial charge in [0.15, 0.2) is 0 Å². The topological polar surface area (TPSA) is 72.3 Å². The highest BCUT2D eigenvalue weighted by Crippen LogP contribution is 2.38. The number of carbonyl (C=O) groups excluding carboxylic acids is 1. The maximum atomic E-state index is 11.3. The van der Waals surface area contributed by atoms with Gasteiger partial charge in [0.1, 0.15) is 0 Å². The van der Waals surface area contributed by atoms with Gasteiger partial charge in [-0.3, -0.25) is 4.79 Å². The van der Waals surface area contributed by atoms with Gasteiger partial charge in [-0.05, 0) is 52.0 Å². The van der Waals surface area contributed by atoms with Crippen LogP contribution in [-0.2, 0) is 4.79 Å². The summed E-state index contributed by atoms with van der Waals surface area (Å²) in [5, 5.41) is 0. The molecule has 16 heavy (non-hydrogen) atoms. The number of nitrogens with zero attached hydrogens (tertiary/aromatic N) is 1. The van der Waals surface area contributed by atoms with E-state index < -0.39 is 5.54 Å². The molecule has 4 nitrogen and oxygen atoms in total. The van der Waals surface area contributed by atoms with Crippen molar-refractivity contribution in [2.45, 2.75) is 56.7 Å². The largest absolute Gasteiger partial charge is 0.368 e. The number of nitrogens with two attached hydrogens (primary N) is 2. The summed E-state index contributed by atoms with van der Waals surface area (Å²) in [6.45, 7) is 2.28. The lowest BCUT2D eigenvalue weighted by Gasteiger charge is -2.31. The van der Waals surface area contributed by atoms with Gasteiger partial charge in [-0.1, -0.05) is 0 Å². The Labute approximate surface area is 97.3 Å². The first-order valence-corrected chi connectivity index (χ1v) is 6.25. The molecular weight excluding hydrogens is 202 g/mol. The lowest BCUT2D eigenvalue weighted by molar-refractivity contribution is -0.123. The quantitative estimate of drug-likeness (QED) is 0.729. The molecule has 2 saturated carbocycles. The number of hydrogen-bond donors (Lipinski definition) is 2. The molecule has 4 N–H and O–H groups in total. The second-order valence-corrected chi connectivity index (χ2v) is 5.66. The number of rotatable bonds is 4. The summed E-state index contributed by atoms with van der Waals surface area (Å²) in [5.74, 6) is 0.508. The van der Waals surface area contributed by atoms with Gasteiger partial charge in [0, 0.05) is 12.1 Å². The summed E-state index contributed by atoms with van der Waals surface area (Å²) < 4.78 is 0. The SMILES string of the molecule is CC(C1CC1)N(C)C1CCC(N)(C(N)=O)C1. The standard InChI is InChI=1S/C12H23N3O/c1-8(9-3-4-9)15(2)10-5-6-12(14,7-10)11(13)16/h8-10H,3-7,14H2,1-2H3,(H2,13,16). The molecule has 4 heteroatoms. The third kappa shape index (κ3) is 2.09. The minimum atomic E-state index is -0.762. The highest BCUT2D eigenvalue weighted by atomic mass is 16.1. The first-order valence-electron chi connectivity index (χ1n) is 6.25. The molecule has 0 bridgehead atoms. The van der Waals surface area contributed by atoms with Crippen molar-refractivity contribution in [3.63, 3.8) is 0 Å². The van der Waals surface area contributed by atoms with E-state index in [1.165, 1.54) is 12.8 Å². The molecule has 3 unspecified atom stereocenters. The van der Waals surface area contributed by atoms with Crippen LogP contribution in [-0.4, -0.2) is 35.5 Å². The van der Waals surface area contributed by atoms with E-state index in [1.807, 2.05) is 0 Å². The van der Waals surface area contributed by atoms with E-state index >= 15 is 0 Å². The van der Waals surface area contributed by atoms with Gasteiger partial charge in [-0.25, -0.2) is 0 Å². The summed E-state index contributed by atoms with van der Waals surface area (Å²) in [5.41, 5.74) is 10.6. The molecule has 0 aliphatic heterocycles. The van der Waals surface area contributed by atoms with Gasteiger partial charge in [0.2, 0.25) is 5.91 Å². The van der Waals surface area contributed by atoms with Crippen LogP contribution in [0.15, 0.2) is 0 Å². The maximum absolute atomic E-state index is 11.3. The van der Waals surface area contributed by atoms with E-state index in [4.69, 9.17) is 11.5 Å². The van der Waals surface area contributed by atoms with Crippen molar-refractivity contribution in [2.24, 2.45) is 17.4 Å². The summed E-state index contributed by atoms with van der Waals surface area (Å²) in [6, 6.07) is 1.04. The molecule has 0 aromatic carbocycles. The van der Waals surface area contributed by atoms with Crippen molar-refractivity contribution in [3.05, 3.63) is 0 Å². The normalized spacial score (nSPS) is 36.6. The second kappa shape index (κ2) is 4.00. The van der Waals surface area contributed by atoms with Crippen LogP contribution >= 0.6 is 0 Å². The van der Waals surface area contributed by atoms with E-state index in [-0.39, 0.29) is 5.91 Å².